The maximum Gasteiger partial charge on any atom is 0.573 e. The summed E-state index contributed by atoms with van der Waals surface area (Å²) in [5, 5.41) is 9.82. The Morgan fingerprint density at radius 1 is 1.18 bits per heavy atom. The van der Waals surface area contributed by atoms with Crippen molar-refractivity contribution in [1.82, 2.24) is 4.57 Å². The highest BCUT2D eigenvalue weighted by Crippen LogP contribution is 2.30. The third-order valence-electron chi connectivity index (χ3n) is 4.54. The third-order valence-corrected chi connectivity index (χ3v) is 4.54. The van der Waals surface area contributed by atoms with Gasteiger partial charge in [-0.3, -0.25) is 4.79 Å². The molecule has 148 valence electrons. The Morgan fingerprint density at radius 2 is 1.89 bits per heavy atom. The third kappa shape index (κ3) is 4.11. The summed E-state index contributed by atoms with van der Waals surface area (Å²) in [6, 6.07) is 8.40. The average molecular weight is 395 g/mol. The molecule has 0 radical (unpaired) electrons. The van der Waals surface area contributed by atoms with E-state index in [0.29, 0.717) is 33.3 Å². The van der Waals surface area contributed by atoms with Crippen molar-refractivity contribution >= 4 is 16.9 Å². The van der Waals surface area contributed by atoms with Crippen LogP contribution in [0.2, 0.25) is 0 Å². The number of halogens is 4. The number of carboxylic acids is 1. The highest BCUT2D eigenvalue weighted by Gasteiger charge is 2.31. The summed E-state index contributed by atoms with van der Waals surface area (Å²) in [7, 11) is 0. The van der Waals surface area contributed by atoms with Crippen LogP contribution in [0.1, 0.15) is 22.4 Å². The topological polar surface area (TPSA) is 51.5 Å². The van der Waals surface area contributed by atoms with Gasteiger partial charge in [-0.15, -0.1) is 13.2 Å². The van der Waals surface area contributed by atoms with Gasteiger partial charge in [0.15, 0.2) is 0 Å². The quantitative estimate of drug-likeness (QED) is 0.621. The van der Waals surface area contributed by atoms with E-state index in [1.54, 1.807) is 30.5 Å². The van der Waals surface area contributed by atoms with Gasteiger partial charge < -0.3 is 14.4 Å². The summed E-state index contributed by atoms with van der Waals surface area (Å²) in [5.74, 6) is -1.82. The van der Waals surface area contributed by atoms with Gasteiger partial charge in [0.05, 0.1) is 11.9 Å². The van der Waals surface area contributed by atoms with Gasteiger partial charge in [-0.1, -0.05) is 12.1 Å². The standard InChI is InChI=1S/C20H17F4NO3/c1-11-6-16-15(8-19(26)27)12(2)25(18(16)9-17(11)21)10-13-4-3-5-14(7-13)28-20(22,23)24/h3-7,9H,8,10H2,1-2H3,(H,26,27). The Kier molecular flexibility index (Phi) is 5.06. The fourth-order valence-corrected chi connectivity index (χ4v) is 3.28. The summed E-state index contributed by atoms with van der Waals surface area (Å²) < 4.78 is 57.2. The van der Waals surface area contributed by atoms with Crippen molar-refractivity contribution in [3.8, 4) is 5.75 Å². The van der Waals surface area contributed by atoms with Crippen LogP contribution in [0.3, 0.4) is 0 Å². The van der Waals surface area contributed by atoms with Crippen LogP contribution in [0.15, 0.2) is 36.4 Å². The van der Waals surface area contributed by atoms with Crippen molar-refractivity contribution in [2.24, 2.45) is 0 Å². The zero-order valence-corrected chi connectivity index (χ0v) is 15.1. The Hall–Kier alpha value is -3.03. The molecule has 0 aliphatic heterocycles. The number of carboxylic acid groups (broad SMARTS) is 1. The number of rotatable bonds is 5. The van der Waals surface area contributed by atoms with E-state index in [-0.39, 0.29) is 18.7 Å². The fourth-order valence-electron chi connectivity index (χ4n) is 3.28. The average Bonchev–Trinajstić information content (AvgIpc) is 2.79. The Bertz CT molecular complexity index is 1050. The van der Waals surface area contributed by atoms with E-state index >= 15 is 0 Å². The van der Waals surface area contributed by atoms with E-state index < -0.39 is 18.1 Å². The second-order valence-corrected chi connectivity index (χ2v) is 6.53. The monoisotopic (exact) mass is 395 g/mol. The van der Waals surface area contributed by atoms with Crippen molar-refractivity contribution in [2.45, 2.75) is 33.2 Å². The number of ether oxygens (including phenoxy) is 1. The molecule has 4 nitrogen and oxygen atoms in total. The van der Waals surface area contributed by atoms with Crippen molar-refractivity contribution in [3.63, 3.8) is 0 Å². The molecule has 0 bridgehead atoms. The summed E-state index contributed by atoms with van der Waals surface area (Å²) in [5.41, 5.74) is 2.54. The number of aryl methyl sites for hydroxylation is 1. The van der Waals surface area contributed by atoms with E-state index in [1.165, 1.54) is 24.3 Å². The number of nitrogens with zero attached hydrogens (tertiary/aromatic N) is 1. The molecule has 0 atom stereocenters. The number of hydrogen-bond donors (Lipinski definition) is 1. The van der Waals surface area contributed by atoms with Crippen molar-refractivity contribution in [2.75, 3.05) is 0 Å². The molecule has 3 rings (SSSR count). The smallest absolute Gasteiger partial charge is 0.481 e. The largest absolute Gasteiger partial charge is 0.573 e. The number of fused-ring (bicyclic) bond motifs is 1. The maximum atomic E-state index is 14.1. The number of hydrogen-bond acceptors (Lipinski definition) is 2. The molecule has 0 aliphatic carbocycles. The van der Waals surface area contributed by atoms with Crippen LogP contribution < -0.4 is 4.74 Å². The first-order valence-corrected chi connectivity index (χ1v) is 8.39. The Labute approximate surface area is 158 Å². The SMILES string of the molecule is Cc1cc2c(CC(=O)O)c(C)n(Cc3cccc(OC(F)(F)F)c3)c2cc1F. The molecular formula is C20H17F4NO3. The second-order valence-electron chi connectivity index (χ2n) is 6.53. The van der Waals surface area contributed by atoms with E-state index in [2.05, 4.69) is 4.74 Å². The minimum atomic E-state index is -4.80. The van der Waals surface area contributed by atoms with Gasteiger partial charge in [0.1, 0.15) is 11.6 Å². The molecule has 2 aromatic carbocycles. The van der Waals surface area contributed by atoms with Gasteiger partial charge >= 0.3 is 12.3 Å². The van der Waals surface area contributed by atoms with Crippen molar-refractivity contribution in [3.05, 3.63) is 64.6 Å². The maximum absolute atomic E-state index is 14.1. The number of alkyl halides is 3. The molecule has 1 N–H and O–H groups in total. The molecule has 3 aromatic rings. The Morgan fingerprint density at radius 3 is 2.54 bits per heavy atom. The van der Waals surface area contributed by atoms with Crippen LogP contribution in [-0.4, -0.2) is 22.0 Å². The summed E-state index contributed by atoms with van der Waals surface area (Å²) >= 11 is 0. The van der Waals surface area contributed by atoms with E-state index in [4.69, 9.17) is 0 Å². The zero-order chi connectivity index (χ0) is 20.6. The van der Waals surface area contributed by atoms with Crippen molar-refractivity contribution in [1.29, 1.82) is 0 Å². The lowest BCUT2D eigenvalue weighted by Gasteiger charge is -2.12. The summed E-state index contributed by atoms with van der Waals surface area (Å²) in [4.78, 5) is 11.3. The van der Waals surface area contributed by atoms with Gasteiger partial charge in [0.2, 0.25) is 0 Å². The molecule has 1 aromatic heterocycles. The first-order chi connectivity index (χ1) is 13.0. The molecule has 8 heteroatoms. The number of benzene rings is 2. The lowest BCUT2D eigenvalue weighted by atomic mass is 10.1. The molecule has 0 unspecified atom stereocenters. The van der Waals surface area contributed by atoms with E-state index in [9.17, 15) is 27.5 Å². The van der Waals surface area contributed by atoms with Gasteiger partial charge in [-0.25, -0.2) is 4.39 Å². The molecule has 0 fully saturated rings. The lowest BCUT2D eigenvalue weighted by Crippen LogP contribution is -2.17. The lowest BCUT2D eigenvalue weighted by molar-refractivity contribution is -0.274. The first-order valence-electron chi connectivity index (χ1n) is 8.39. The van der Waals surface area contributed by atoms with Crippen LogP contribution in [0.25, 0.3) is 10.9 Å². The van der Waals surface area contributed by atoms with Crippen LogP contribution in [0, 0.1) is 19.7 Å². The van der Waals surface area contributed by atoms with Gasteiger partial charge in [0, 0.05) is 17.6 Å². The number of aromatic nitrogens is 1. The molecule has 0 saturated carbocycles. The van der Waals surface area contributed by atoms with Gasteiger partial charge in [-0.2, -0.15) is 0 Å². The van der Waals surface area contributed by atoms with E-state index in [0.717, 1.165) is 0 Å². The highest BCUT2D eigenvalue weighted by molar-refractivity contribution is 5.89. The molecule has 28 heavy (non-hydrogen) atoms. The fraction of sp³-hybridized carbons (Fsp3) is 0.250. The van der Waals surface area contributed by atoms with Gasteiger partial charge in [-0.05, 0) is 54.8 Å². The predicted molar refractivity (Wildman–Crippen MR) is 94.9 cm³/mol. The highest BCUT2D eigenvalue weighted by atomic mass is 19.4. The van der Waals surface area contributed by atoms with Crippen LogP contribution in [-0.2, 0) is 17.8 Å². The Balaban J connectivity index is 2.08. The minimum absolute atomic E-state index is 0.138. The first kappa shape index (κ1) is 19.7. The van der Waals surface area contributed by atoms with Crippen LogP contribution in [0.5, 0.6) is 5.75 Å². The second kappa shape index (κ2) is 7.18. The van der Waals surface area contributed by atoms with Crippen molar-refractivity contribution < 1.29 is 32.2 Å². The minimum Gasteiger partial charge on any atom is -0.481 e. The normalized spacial score (nSPS) is 11.8. The number of aliphatic carboxylic acids is 1. The van der Waals surface area contributed by atoms with E-state index in [1.807, 2.05) is 0 Å². The van der Waals surface area contributed by atoms with Gasteiger partial charge in [0.25, 0.3) is 0 Å². The molecule has 0 amide bonds. The molecule has 1 heterocycles. The van der Waals surface area contributed by atoms with Crippen LogP contribution in [0.4, 0.5) is 17.6 Å². The zero-order valence-electron chi connectivity index (χ0n) is 15.1. The van der Waals surface area contributed by atoms with Crippen LogP contribution >= 0.6 is 0 Å². The molecular weight excluding hydrogens is 378 g/mol. The molecule has 0 spiro atoms. The number of carbonyl (C=O) groups is 1. The summed E-state index contributed by atoms with van der Waals surface area (Å²) in [6.07, 6.45) is -5.04. The predicted octanol–water partition coefficient (Wildman–Crippen LogP) is 4.97. The molecule has 0 saturated heterocycles. The summed E-state index contributed by atoms with van der Waals surface area (Å²) in [6.45, 7) is 3.44. The molecule has 0 aliphatic rings.